The second-order valence-electron chi connectivity index (χ2n) is 4.43. The van der Waals surface area contributed by atoms with Crippen molar-refractivity contribution in [3.63, 3.8) is 0 Å². The van der Waals surface area contributed by atoms with Crippen LogP contribution in [-0.2, 0) is 6.61 Å². The maximum Gasteiger partial charge on any atom is 0.235 e. The van der Waals surface area contributed by atoms with Gasteiger partial charge in [0.2, 0.25) is 6.20 Å². The van der Waals surface area contributed by atoms with Crippen LogP contribution in [0.4, 0.5) is 0 Å². The molecule has 0 saturated carbocycles. The Hall–Kier alpha value is -0.580. The minimum Gasteiger partial charge on any atom is -0.487 e. The standard InChI is InChI=1S/C15H9Cl2I2NO3/c16-11-2-1-10(13(17)6-11)8-23-15-9(3-4-20(21)22)5-12(18)7-14(15)19/h1-7H,8H2/b4-3+. The van der Waals surface area contributed by atoms with E-state index in [1.54, 1.807) is 18.2 Å². The molecule has 120 valence electrons. The Morgan fingerprint density at radius 2 is 1.96 bits per heavy atom. The molecule has 2 aromatic rings. The highest BCUT2D eigenvalue weighted by molar-refractivity contribution is 14.1. The van der Waals surface area contributed by atoms with E-state index in [0.29, 0.717) is 21.4 Å². The molecule has 0 saturated heterocycles. The lowest BCUT2D eigenvalue weighted by molar-refractivity contribution is -0.400. The van der Waals surface area contributed by atoms with Crippen LogP contribution in [0.3, 0.4) is 0 Å². The van der Waals surface area contributed by atoms with E-state index in [-0.39, 0.29) is 6.61 Å². The van der Waals surface area contributed by atoms with Crippen LogP contribution in [0.1, 0.15) is 11.1 Å². The highest BCUT2D eigenvalue weighted by Crippen LogP contribution is 2.31. The van der Waals surface area contributed by atoms with Crippen molar-refractivity contribution < 1.29 is 9.66 Å². The van der Waals surface area contributed by atoms with Crippen molar-refractivity contribution in [2.75, 3.05) is 0 Å². The molecule has 0 aliphatic heterocycles. The fourth-order valence-corrected chi connectivity index (χ4v) is 4.29. The molecule has 0 heterocycles. The predicted octanol–water partition coefficient (Wildman–Crippen LogP) is 6.03. The van der Waals surface area contributed by atoms with Crippen LogP contribution >= 0.6 is 68.4 Å². The van der Waals surface area contributed by atoms with Gasteiger partial charge in [-0.25, -0.2) is 0 Å². The largest absolute Gasteiger partial charge is 0.487 e. The van der Waals surface area contributed by atoms with E-state index < -0.39 is 4.92 Å². The fourth-order valence-electron chi connectivity index (χ4n) is 1.79. The molecular weight excluding hydrogens is 567 g/mol. The van der Waals surface area contributed by atoms with Crippen molar-refractivity contribution in [1.29, 1.82) is 0 Å². The molecule has 0 N–H and O–H groups in total. The van der Waals surface area contributed by atoms with Crippen molar-refractivity contribution in [1.82, 2.24) is 0 Å². The summed E-state index contributed by atoms with van der Waals surface area (Å²) < 4.78 is 7.68. The van der Waals surface area contributed by atoms with Gasteiger partial charge in [0, 0.05) is 30.8 Å². The molecule has 0 aliphatic carbocycles. The first kappa shape index (κ1) is 18.8. The SMILES string of the molecule is O=[N+]([O-])/C=C/c1cc(I)cc(I)c1OCc1ccc(Cl)cc1Cl. The summed E-state index contributed by atoms with van der Waals surface area (Å²) in [6.45, 7) is 0.242. The van der Waals surface area contributed by atoms with Crippen molar-refractivity contribution in [3.05, 3.63) is 75.0 Å². The van der Waals surface area contributed by atoms with E-state index in [9.17, 15) is 10.1 Å². The summed E-state index contributed by atoms with van der Waals surface area (Å²) in [5.41, 5.74) is 1.43. The zero-order valence-electron chi connectivity index (χ0n) is 11.4. The molecule has 8 heteroatoms. The monoisotopic (exact) mass is 575 g/mol. The lowest BCUT2D eigenvalue weighted by Gasteiger charge is -2.13. The zero-order chi connectivity index (χ0) is 17.0. The van der Waals surface area contributed by atoms with Crippen LogP contribution in [0.15, 0.2) is 36.5 Å². The van der Waals surface area contributed by atoms with Crippen LogP contribution < -0.4 is 4.74 Å². The number of hydrogen-bond acceptors (Lipinski definition) is 3. The smallest absolute Gasteiger partial charge is 0.235 e. The number of nitrogens with zero attached hydrogens (tertiary/aromatic N) is 1. The van der Waals surface area contributed by atoms with Gasteiger partial charge in [0.15, 0.2) is 0 Å². The summed E-state index contributed by atoms with van der Waals surface area (Å²) >= 11 is 16.3. The van der Waals surface area contributed by atoms with Crippen LogP contribution in [0.5, 0.6) is 5.75 Å². The Kier molecular flexibility index (Phi) is 6.93. The number of halogens is 4. The molecule has 0 bridgehead atoms. The number of hydrogen-bond donors (Lipinski definition) is 0. The van der Waals surface area contributed by atoms with E-state index in [4.69, 9.17) is 27.9 Å². The highest BCUT2D eigenvalue weighted by Gasteiger charge is 2.11. The van der Waals surface area contributed by atoms with Gasteiger partial charge in [0.25, 0.3) is 0 Å². The van der Waals surface area contributed by atoms with Crippen molar-refractivity contribution in [2.45, 2.75) is 6.61 Å². The van der Waals surface area contributed by atoms with Gasteiger partial charge in [-0.1, -0.05) is 29.3 Å². The summed E-state index contributed by atoms with van der Waals surface area (Å²) in [5, 5.41) is 11.6. The molecule has 4 nitrogen and oxygen atoms in total. The molecule has 2 rings (SSSR count). The lowest BCUT2D eigenvalue weighted by atomic mass is 10.2. The number of nitro groups is 1. The molecule has 0 fully saturated rings. The van der Waals surface area contributed by atoms with Crippen LogP contribution in [-0.4, -0.2) is 4.92 Å². The molecule has 2 aromatic carbocycles. The second-order valence-corrected chi connectivity index (χ2v) is 7.68. The van der Waals surface area contributed by atoms with Gasteiger partial charge >= 0.3 is 0 Å². The topological polar surface area (TPSA) is 52.4 Å². The average molecular weight is 576 g/mol. The van der Waals surface area contributed by atoms with Crippen LogP contribution in [0, 0.1) is 17.3 Å². The fraction of sp³-hybridized carbons (Fsp3) is 0.0667. The number of rotatable bonds is 5. The lowest BCUT2D eigenvalue weighted by Crippen LogP contribution is -2.00. The highest BCUT2D eigenvalue weighted by atomic mass is 127. The van der Waals surface area contributed by atoms with E-state index in [0.717, 1.165) is 18.9 Å². The van der Waals surface area contributed by atoms with Gasteiger partial charge in [-0.15, -0.1) is 0 Å². The molecular formula is C15H9Cl2I2NO3. The molecule has 23 heavy (non-hydrogen) atoms. The van der Waals surface area contributed by atoms with Gasteiger partial charge < -0.3 is 4.74 Å². The Labute approximate surface area is 170 Å². The third-order valence-corrected chi connectivity index (χ3v) is 4.81. The Bertz CT molecular complexity index is 782. The van der Waals surface area contributed by atoms with E-state index in [1.807, 2.05) is 12.1 Å². The number of benzene rings is 2. The normalized spacial score (nSPS) is 11.0. The zero-order valence-corrected chi connectivity index (χ0v) is 17.3. The third kappa shape index (κ3) is 5.47. The van der Waals surface area contributed by atoms with Gasteiger partial charge in [-0.3, -0.25) is 10.1 Å². The summed E-state index contributed by atoms with van der Waals surface area (Å²) in [6, 6.07) is 8.93. The van der Waals surface area contributed by atoms with Crippen molar-refractivity contribution >= 4 is 74.5 Å². The van der Waals surface area contributed by atoms with Crippen molar-refractivity contribution in [3.8, 4) is 5.75 Å². The maximum atomic E-state index is 10.6. The molecule has 0 radical (unpaired) electrons. The molecule has 0 amide bonds. The van der Waals surface area contributed by atoms with Gasteiger partial charge in [0.1, 0.15) is 12.4 Å². The second kappa shape index (κ2) is 8.50. The van der Waals surface area contributed by atoms with Crippen LogP contribution in [0.25, 0.3) is 6.08 Å². The summed E-state index contributed by atoms with van der Waals surface area (Å²) in [4.78, 5) is 10.0. The molecule has 0 aromatic heterocycles. The Balaban J connectivity index is 2.29. The first-order chi connectivity index (χ1) is 10.9. The molecule has 0 spiro atoms. The molecule has 0 atom stereocenters. The van der Waals surface area contributed by atoms with Gasteiger partial charge in [-0.2, -0.15) is 0 Å². The van der Waals surface area contributed by atoms with Crippen LogP contribution in [0.2, 0.25) is 10.0 Å². The predicted molar refractivity (Wildman–Crippen MR) is 109 cm³/mol. The summed E-state index contributed by atoms with van der Waals surface area (Å²) in [7, 11) is 0. The van der Waals surface area contributed by atoms with E-state index in [2.05, 4.69) is 45.2 Å². The minimum absolute atomic E-state index is 0.242. The minimum atomic E-state index is -0.507. The Morgan fingerprint density at radius 1 is 1.22 bits per heavy atom. The van der Waals surface area contributed by atoms with E-state index in [1.165, 1.54) is 6.08 Å². The maximum absolute atomic E-state index is 10.6. The molecule has 0 aliphatic rings. The van der Waals surface area contributed by atoms with Crippen molar-refractivity contribution in [2.24, 2.45) is 0 Å². The Morgan fingerprint density at radius 3 is 2.61 bits per heavy atom. The van der Waals surface area contributed by atoms with Gasteiger partial charge in [-0.05, 0) is 69.4 Å². The number of ether oxygens (including phenoxy) is 1. The first-order valence-corrected chi connectivity index (χ1v) is 9.15. The third-order valence-electron chi connectivity index (χ3n) is 2.80. The first-order valence-electron chi connectivity index (χ1n) is 6.24. The molecule has 0 unspecified atom stereocenters. The van der Waals surface area contributed by atoms with Gasteiger partial charge in [0.05, 0.1) is 8.49 Å². The summed E-state index contributed by atoms with van der Waals surface area (Å²) in [5.74, 6) is 0.579. The van der Waals surface area contributed by atoms with E-state index >= 15 is 0 Å². The summed E-state index contributed by atoms with van der Waals surface area (Å²) in [6.07, 6.45) is 2.31. The average Bonchev–Trinajstić information content (AvgIpc) is 2.45. The quantitative estimate of drug-likeness (QED) is 0.249.